The van der Waals surface area contributed by atoms with Crippen LogP contribution in [-0.4, -0.2) is 125 Å². The van der Waals surface area contributed by atoms with Crippen molar-refractivity contribution in [2.24, 2.45) is 10.2 Å². The number of likely N-dealkylation sites (N-methyl/N-ethyl adjacent to an activating group) is 1. The fourth-order valence-corrected chi connectivity index (χ4v) is 5.81. The SMILES string of the molecule is C.C.C.C=O.CN1CCN(c2ccc(N3C[C@H](Cn4ccnn4)OC3=O)cc2F)C=N1.O=C1O[C@@H](Cn2ccnn2)CN1c1ccc(N2C=NNCC2)c(F)c1. The predicted octanol–water partition coefficient (Wildman–Crippen LogP) is 3.66. The highest BCUT2D eigenvalue weighted by atomic mass is 19.1. The maximum absolute atomic E-state index is 14.6. The van der Waals surface area contributed by atoms with E-state index in [2.05, 4.69) is 36.3 Å². The van der Waals surface area contributed by atoms with Crippen LogP contribution in [0.5, 0.6) is 0 Å². The zero-order chi connectivity index (χ0) is 37.3. The van der Waals surface area contributed by atoms with Gasteiger partial charge in [-0.05, 0) is 36.4 Å². The van der Waals surface area contributed by atoms with Gasteiger partial charge in [0, 0.05) is 32.5 Å². The van der Waals surface area contributed by atoms with Crippen LogP contribution in [0.2, 0.25) is 0 Å². The molecule has 2 aromatic heterocycles. The lowest BCUT2D eigenvalue weighted by molar-refractivity contribution is -0.0980. The molecule has 4 aromatic rings. The molecule has 56 heavy (non-hydrogen) atoms. The molecule has 1 N–H and O–H groups in total. The van der Waals surface area contributed by atoms with Crippen molar-refractivity contribution in [3.63, 3.8) is 0 Å². The van der Waals surface area contributed by atoms with E-state index < -0.39 is 23.8 Å². The molecule has 0 aliphatic carbocycles. The average molecular weight is 783 g/mol. The van der Waals surface area contributed by atoms with E-state index in [1.54, 1.807) is 85.9 Å². The molecule has 0 unspecified atom stereocenters. The number of benzene rings is 2. The fourth-order valence-electron chi connectivity index (χ4n) is 5.81. The van der Waals surface area contributed by atoms with Gasteiger partial charge in [-0.2, -0.15) is 10.2 Å². The minimum atomic E-state index is -0.499. The Kier molecular flexibility index (Phi) is 15.7. The van der Waals surface area contributed by atoms with Crippen LogP contribution in [0.25, 0.3) is 0 Å². The smallest absolute Gasteiger partial charge is 0.414 e. The van der Waals surface area contributed by atoms with Crippen molar-refractivity contribution >= 4 is 54.4 Å². The van der Waals surface area contributed by atoms with E-state index in [1.807, 2.05) is 13.8 Å². The van der Waals surface area contributed by atoms with E-state index >= 15 is 0 Å². The van der Waals surface area contributed by atoms with Gasteiger partial charge in [-0.15, -0.1) is 10.2 Å². The Labute approximate surface area is 323 Å². The van der Waals surface area contributed by atoms with E-state index in [9.17, 15) is 18.4 Å². The minimum absolute atomic E-state index is 0. The van der Waals surface area contributed by atoms with E-state index in [1.165, 1.54) is 21.9 Å². The van der Waals surface area contributed by atoms with Crippen molar-refractivity contribution in [3.05, 3.63) is 72.8 Å². The third-order valence-electron chi connectivity index (χ3n) is 8.38. The number of ether oxygens (including phenoxy) is 2. The van der Waals surface area contributed by atoms with Gasteiger partial charge in [-0.1, -0.05) is 32.7 Å². The number of cyclic esters (lactones) is 2. The quantitative estimate of drug-likeness (QED) is 0.274. The van der Waals surface area contributed by atoms with E-state index in [0.717, 1.165) is 0 Å². The molecular weight excluding hydrogens is 734 g/mol. The van der Waals surface area contributed by atoms with Crippen molar-refractivity contribution in [2.45, 2.75) is 47.6 Å². The number of hydrogen-bond acceptors (Lipinski definition) is 15. The Bertz CT molecular complexity index is 1920. The first-order valence-electron chi connectivity index (χ1n) is 16.4. The molecule has 21 heteroatoms. The van der Waals surface area contributed by atoms with Crippen LogP contribution in [-0.2, 0) is 27.4 Å². The second-order valence-electron chi connectivity index (χ2n) is 11.9. The van der Waals surface area contributed by atoms with Crippen molar-refractivity contribution in [2.75, 3.05) is 65.9 Å². The lowest BCUT2D eigenvalue weighted by Gasteiger charge is -2.28. The molecule has 2 aromatic carbocycles. The summed E-state index contributed by atoms with van der Waals surface area (Å²) in [5, 5.41) is 25.0. The second kappa shape index (κ2) is 20.1. The van der Waals surface area contributed by atoms with Gasteiger partial charge >= 0.3 is 12.2 Å². The number of hydrazone groups is 2. The topological polar surface area (TPSA) is 184 Å². The summed E-state index contributed by atoms with van der Waals surface area (Å²) in [6, 6.07) is 9.39. The molecule has 8 rings (SSSR count). The number of carbonyl (C=O) groups excluding carboxylic acids is 3. The van der Waals surface area contributed by atoms with Crippen molar-refractivity contribution < 1.29 is 32.6 Å². The Morgan fingerprint density at radius 1 is 0.750 bits per heavy atom. The van der Waals surface area contributed by atoms with E-state index in [4.69, 9.17) is 14.3 Å². The standard InChI is InChI=1S/C16H18FN7O2.C15H16FN7O2.CH2O.3CH4/c1-21-6-7-22(11-19-21)15-3-2-12(8-14(15)17)24-10-13(26-16(24)25)9-23-5-4-18-20-23;16-13-7-11(1-2-14(13)21-5-3-17-19-10-21)23-9-12(25-15(23)24)8-22-6-4-18-20-22;1-2;;;/h2-5,8,11,13H,6-7,9-10H2,1H3;1-2,4,6-7,10,12,17H,3,5,8-9H2;1H2;3*1H4/t13-;12-;;;;/m00..../s1. The van der Waals surface area contributed by atoms with Crippen molar-refractivity contribution in [3.8, 4) is 0 Å². The van der Waals surface area contributed by atoms with Gasteiger partial charge in [0.05, 0.1) is 74.4 Å². The minimum Gasteiger partial charge on any atom is -0.442 e. The normalized spacial score (nSPS) is 18.2. The summed E-state index contributed by atoms with van der Waals surface area (Å²) in [6.45, 7) is 6.06. The molecule has 2 saturated heterocycles. The van der Waals surface area contributed by atoms with Crippen LogP contribution in [0.1, 0.15) is 22.3 Å². The van der Waals surface area contributed by atoms with Gasteiger partial charge in [0.2, 0.25) is 0 Å². The van der Waals surface area contributed by atoms with Crippen molar-refractivity contribution in [1.82, 2.24) is 40.4 Å². The number of nitrogens with zero attached hydrogens (tertiary/aromatic N) is 13. The molecule has 2 fully saturated rings. The largest absolute Gasteiger partial charge is 0.442 e. The molecule has 0 spiro atoms. The van der Waals surface area contributed by atoms with E-state index in [-0.39, 0.29) is 34.5 Å². The molecule has 0 radical (unpaired) electrons. The molecule has 4 aliphatic heterocycles. The fraction of sp³-hybridized carbons (Fsp3) is 0.400. The second-order valence-corrected chi connectivity index (χ2v) is 11.9. The van der Waals surface area contributed by atoms with Crippen LogP contribution < -0.4 is 25.0 Å². The molecule has 0 saturated carbocycles. The van der Waals surface area contributed by atoms with Gasteiger partial charge in [0.15, 0.2) is 0 Å². The van der Waals surface area contributed by atoms with Crippen LogP contribution in [0.4, 0.5) is 41.1 Å². The first kappa shape index (κ1) is 43.7. The summed E-state index contributed by atoms with van der Waals surface area (Å²) >= 11 is 0. The third-order valence-corrected chi connectivity index (χ3v) is 8.38. The molecule has 2 amide bonds. The monoisotopic (exact) mass is 782 g/mol. The molecular formula is C35H48F2N14O5. The zero-order valence-electron chi connectivity index (χ0n) is 28.6. The number of aromatic nitrogens is 6. The van der Waals surface area contributed by atoms with E-state index in [0.29, 0.717) is 75.1 Å². The van der Waals surface area contributed by atoms with Crippen molar-refractivity contribution in [1.29, 1.82) is 0 Å². The number of carbonyl (C=O) groups is 3. The highest BCUT2D eigenvalue weighted by Crippen LogP contribution is 2.30. The first-order chi connectivity index (χ1) is 25.8. The number of amides is 2. The third kappa shape index (κ3) is 10.3. The summed E-state index contributed by atoms with van der Waals surface area (Å²) in [5.74, 6) is -0.829. The summed E-state index contributed by atoms with van der Waals surface area (Å²) in [6.07, 6.45) is 7.92. The Morgan fingerprint density at radius 2 is 1.25 bits per heavy atom. The van der Waals surface area contributed by atoms with Crippen LogP contribution in [0.15, 0.2) is 71.4 Å². The first-order valence-corrected chi connectivity index (χ1v) is 16.4. The maximum Gasteiger partial charge on any atom is 0.414 e. The Morgan fingerprint density at radius 3 is 1.64 bits per heavy atom. The van der Waals surface area contributed by atoms with Crippen LogP contribution in [0, 0.1) is 11.6 Å². The van der Waals surface area contributed by atoms with Gasteiger partial charge in [-0.25, -0.2) is 27.7 Å². The van der Waals surface area contributed by atoms with Gasteiger partial charge in [0.25, 0.3) is 0 Å². The summed E-state index contributed by atoms with van der Waals surface area (Å²) in [7, 11) is 1.86. The molecule has 4 aliphatic rings. The number of hydrogen-bond donors (Lipinski definition) is 1. The van der Waals surface area contributed by atoms with Gasteiger partial charge < -0.3 is 29.5 Å². The van der Waals surface area contributed by atoms with Gasteiger partial charge in [-0.3, -0.25) is 14.8 Å². The average Bonchev–Trinajstić information content (AvgIpc) is 4.00. The number of rotatable bonds is 8. The molecule has 6 heterocycles. The zero-order valence-corrected chi connectivity index (χ0v) is 28.6. The molecule has 302 valence electrons. The summed E-state index contributed by atoms with van der Waals surface area (Å²) < 4.78 is 42.9. The molecule has 0 bridgehead atoms. The Hall–Kier alpha value is -6.67. The molecule has 2 atom stereocenters. The lowest BCUT2D eigenvalue weighted by atomic mass is 10.2. The number of anilines is 4. The van der Waals surface area contributed by atoms with Crippen LogP contribution >= 0.6 is 0 Å². The highest BCUT2D eigenvalue weighted by molar-refractivity contribution is 5.91. The Balaban J connectivity index is 0.000000274. The number of nitrogens with one attached hydrogen (secondary N) is 1. The van der Waals surface area contributed by atoms with Gasteiger partial charge in [0.1, 0.15) is 43.3 Å². The number of halogens is 2. The summed E-state index contributed by atoms with van der Waals surface area (Å²) in [5.41, 5.74) is 4.58. The summed E-state index contributed by atoms with van der Waals surface area (Å²) in [4.78, 5) is 38.6. The molecule has 19 nitrogen and oxygen atoms in total. The highest BCUT2D eigenvalue weighted by Gasteiger charge is 2.34. The lowest BCUT2D eigenvalue weighted by Crippen LogP contribution is -2.36. The predicted molar refractivity (Wildman–Crippen MR) is 208 cm³/mol. The van der Waals surface area contributed by atoms with Crippen LogP contribution in [0.3, 0.4) is 0 Å². The maximum atomic E-state index is 14.6.